The van der Waals surface area contributed by atoms with Crippen LogP contribution in [0.4, 0.5) is 0 Å². The van der Waals surface area contributed by atoms with Crippen molar-refractivity contribution in [3.8, 4) is 6.07 Å². The van der Waals surface area contributed by atoms with Crippen LogP contribution in [0, 0.1) is 11.3 Å². The summed E-state index contributed by atoms with van der Waals surface area (Å²) in [6.45, 7) is 16.0. The molecule has 0 saturated heterocycles. The van der Waals surface area contributed by atoms with E-state index in [2.05, 4.69) is 17.1 Å². The number of rotatable bonds is 5. The van der Waals surface area contributed by atoms with Gasteiger partial charge in [0.1, 0.15) is 0 Å². The van der Waals surface area contributed by atoms with E-state index in [4.69, 9.17) is 10.4 Å². The summed E-state index contributed by atoms with van der Waals surface area (Å²) in [4.78, 5) is 16.6. The van der Waals surface area contributed by atoms with Gasteiger partial charge in [-0.2, -0.15) is 5.26 Å². The maximum Gasteiger partial charge on any atom is 0.335 e. The number of carboxylic acid groups (broad SMARTS) is 1. The van der Waals surface area contributed by atoms with Crippen LogP contribution in [0.15, 0.2) is 71.8 Å². The third kappa shape index (κ3) is 9.36. The van der Waals surface area contributed by atoms with E-state index in [9.17, 15) is 4.79 Å². The quantitative estimate of drug-likeness (QED) is 0.274. The molecule has 1 aromatic heterocycles. The molecule has 0 saturated carbocycles. The van der Waals surface area contributed by atoms with Gasteiger partial charge in [-0.05, 0) is 59.2 Å². The molecule has 0 atom stereocenters. The van der Waals surface area contributed by atoms with E-state index < -0.39 is 5.97 Å². The minimum atomic E-state index is -0.911. The summed E-state index contributed by atoms with van der Waals surface area (Å²) in [5, 5.41) is 21.2. The molecule has 0 aliphatic rings. The van der Waals surface area contributed by atoms with Gasteiger partial charge in [-0.1, -0.05) is 79.7 Å². The van der Waals surface area contributed by atoms with Crippen molar-refractivity contribution in [3.63, 3.8) is 0 Å². The van der Waals surface area contributed by atoms with Crippen molar-refractivity contribution in [2.24, 2.45) is 0 Å². The van der Waals surface area contributed by atoms with E-state index >= 15 is 0 Å². The lowest BCUT2D eigenvalue weighted by Gasteiger charge is -2.07. The molecular formula is C31H40N2O2S. The molecular weight excluding hydrogens is 464 g/mol. The van der Waals surface area contributed by atoms with Crippen molar-refractivity contribution >= 4 is 39.4 Å². The summed E-state index contributed by atoms with van der Waals surface area (Å²) in [6.07, 6.45) is 2.69. The summed E-state index contributed by atoms with van der Waals surface area (Å²) in [5.41, 5.74) is 3.04. The van der Waals surface area contributed by atoms with E-state index in [1.165, 1.54) is 5.56 Å². The van der Waals surface area contributed by atoms with E-state index in [1.807, 2.05) is 91.8 Å². The first-order valence-electron chi connectivity index (χ1n) is 12.8. The molecule has 36 heavy (non-hydrogen) atoms. The Kier molecular flexibility index (Phi) is 17.1. The van der Waals surface area contributed by atoms with Gasteiger partial charge in [0, 0.05) is 22.2 Å². The van der Waals surface area contributed by atoms with Crippen LogP contribution in [0.5, 0.6) is 0 Å². The van der Waals surface area contributed by atoms with Crippen LogP contribution in [-0.2, 0) is 6.42 Å². The first-order chi connectivity index (χ1) is 17.6. The first-order valence-corrected chi connectivity index (χ1v) is 13.8. The lowest BCUT2D eigenvalue weighted by Crippen LogP contribution is -1.95. The summed E-state index contributed by atoms with van der Waals surface area (Å²) < 4.78 is 0. The number of aromatic carboxylic acids is 1. The van der Waals surface area contributed by atoms with E-state index in [1.54, 1.807) is 36.2 Å². The van der Waals surface area contributed by atoms with Crippen LogP contribution < -0.4 is 0 Å². The largest absolute Gasteiger partial charge is 0.478 e. The minimum absolute atomic E-state index is 0.303. The second kappa shape index (κ2) is 18.9. The zero-order chi connectivity index (χ0) is 27.5. The van der Waals surface area contributed by atoms with Crippen LogP contribution >= 0.6 is 11.8 Å². The number of nitriles is 1. The Labute approximate surface area is 221 Å². The van der Waals surface area contributed by atoms with Crippen LogP contribution in [-0.4, -0.2) is 21.8 Å². The van der Waals surface area contributed by atoms with Crippen LogP contribution in [0.3, 0.4) is 0 Å². The predicted molar refractivity (Wildman–Crippen MR) is 157 cm³/mol. The smallest absolute Gasteiger partial charge is 0.335 e. The van der Waals surface area contributed by atoms with E-state index in [-0.39, 0.29) is 0 Å². The Morgan fingerprint density at radius 3 is 2.14 bits per heavy atom. The molecule has 4 nitrogen and oxygen atoms in total. The molecule has 4 aromatic rings. The number of pyridine rings is 1. The third-order valence-corrected chi connectivity index (χ3v) is 5.71. The van der Waals surface area contributed by atoms with Gasteiger partial charge in [0.2, 0.25) is 0 Å². The molecule has 192 valence electrons. The van der Waals surface area contributed by atoms with Crippen molar-refractivity contribution < 1.29 is 9.90 Å². The standard InChI is InChI=1S/C23H16N2O2S.4C2H6/c24-14-16-2-6-21-20(12-16)22(7-9-25-21)28-10-8-15-1-3-18-13-19(23(26)27)5-4-17(18)11-15;4*1-2/h1-7,9,11-13H,8,10H2,(H,26,27);4*1-2H3. The fourth-order valence-electron chi connectivity index (χ4n) is 3.18. The normalized spacial score (nSPS) is 9.08. The number of hydrogen-bond donors (Lipinski definition) is 1. The Hall–Kier alpha value is -3.36. The fraction of sp³-hybridized carbons (Fsp3) is 0.323. The number of carboxylic acids is 1. The van der Waals surface area contributed by atoms with Crippen LogP contribution in [0.1, 0.15) is 76.9 Å². The molecule has 0 aliphatic heterocycles. The molecule has 0 spiro atoms. The minimum Gasteiger partial charge on any atom is -0.478 e. The lowest BCUT2D eigenvalue weighted by molar-refractivity contribution is 0.0697. The van der Waals surface area contributed by atoms with Gasteiger partial charge < -0.3 is 5.11 Å². The number of benzene rings is 3. The molecule has 0 bridgehead atoms. The number of thioether (sulfide) groups is 1. The molecule has 1 N–H and O–H groups in total. The lowest BCUT2D eigenvalue weighted by atomic mass is 10.0. The molecule has 0 fully saturated rings. The summed E-state index contributed by atoms with van der Waals surface area (Å²) in [6, 6.07) is 21.1. The highest BCUT2D eigenvalue weighted by Crippen LogP contribution is 2.28. The molecule has 0 amide bonds. The zero-order valence-corrected chi connectivity index (χ0v) is 23.7. The number of hydrogen-bond acceptors (Lipinski definition) is 4. The van der Waals surface area contributed by atoms with Crippen molar-refractivity contribution in [2.75, 3.05) is 5.75 Å². The summed E-state index contributed by atoms with van der Waals surface area (Å²) >= 11 is 1.75. The maximum absolute atomic E-state index is 11.1. The Morgan fingerprint density at radius 1 is 0.861 bits per heavy atom. The second-order valence-electron chi connectivity index (χ2n) is 6.45. The molecule has 3 aromatic carbocycles. The monoisotopic (exact) mass is 504 g/mol. The van der Waals surface area contributed by atoms with Gasteiger partial charge in [0.05, 0.1) is 22.7 Å². The third-order valence-electron chi connectivity index (χ3n) is 4.63. The number of aryl methyl sites for hydroxylation is 1. The van der Waals surface area contributed by atoms with Gasteiger partial charge in [0.25, 0.3) is 0 Å². The molecule has 5 heteroatoms. The number of carbonyl (C=O) groups is 1. The second-order valence-corrected chi connectivity index (χ2v) is 7.59. The Morgan fingerprint density at radius 2 is 1.50 bits per heavy atom. The number of aromatic nitrogens is 1. The van der Waals surface area contributed by atoms with Crippen LogP contribution in [0.2, 0.25) is 0 Å². The number of nitrogens with zero attached hydrogens (tertiary/aromatic N) is 2. The van der Waals surface area contributed by atoms with Gasteiger partial charge in [0.15, 0.2) is 0 Å². The van der Waals surface area contributed by atoms with Gasteiger partial charge in [-0.15, -0.1) is 11.8 Å². The highest BCUT2D eigenvalue weighted by Gasteiger charge is 2.06. The van der Waals surface area contributed by atoms with Crippen molar-refractivity contribution in [3.05, 3.63) is 83.6 Å². The highest BCUT2D eigenvalue weighted by atomic mass is 32.2. The van der Waals surface area contributed by atoms with Gasteiger partial charge in [-0.25, -0.2) is 4.79 Å². The zero-order valence-electron chi connectivity index (χ0n) is 22.9. The predicted octanol–water partition coefficient (Wildman–Crippen LogP) is 9.40. The maximum atomic E-state index is 11.1. The molecule has 0 unspecified atom stereocenters. The van der Waals surface area contributed by atoms with Gasteiger partial charge >= 0.3 is 5.97 Å². The van der Waals surface area contributed by atoms with Crippen LogP contribution in [0.25, 0.3) is 21.7 Å². The van der Waals surface area contributed by atoms with E-state index in [0.717, 1.165) is 38.7 Å². The number of fused-ring (bicyclic) bond motifs is 2. The fourth-order valence-corrected chi connectivity index (χ4v) is 4.21. The molecule has 4 rings (SSSR count). The summed E-state index contributed by atoms with van der Waals surface area (Å²) in [5.74, 6) is -0.0132. The van der Waals surface area contributed by atoms with Gasteiger partial charge in [-0.3, -0.25) is 4.98 Å². The van der Waals surface area contributed by atoms with Crippen molar-refractivity contribution in [2.45, 2.75) is 66.7 Å². The SMILES string of the molecule is CC.CC.CC.CC.N#Cc1ccc2nccc(SCCc3ccc4cc(C(=O)O)ccc4c3)c2c1. The average molecular weight is 505 g/mol. The van der Waals surface area contributed by atoms with Crippen molar-refractivity contribution in [1.29, 1.82) is 5.26 Å². The Balaban J connectivity index is 0.00000140. The summed E-state index contributed by atoms with van der Waals surface area (Å²) in [7, 11) is 0. The molecule has 1 heterocycles. The molecule has 0 radical (unpaired) electrons. The first kappa shape index (κ1) is 32.6. The molecule has 0 aliphatic carbocycles. The Bertz CT molecular complexity index is 1250. The average Bonchev–Trinajstić information content (AvgIpc) is 2.96. The van der Waals surface area contributed by atoms with E-state index in [0.29, 0.717) is 11.1 Å². The highest BCUT2D eigenvalue weighted by molar-refractivity contribution is 7.99. The van der Waals surface area contributed by atoms with Crippen molar-refractivity contribution in [1.82, 2.24) is 4.98 Å². The topological polar surface area (TPSA) is 74.0 Å².